The fourth-order valence-electron chi connectivity index (χ4n) is 1.72. The van der Waals surface area contributed by atoms with Gasteiger partial charge in [0.15, 0.2) is 0 Å². The van der Waals surface area contributed by atoms with Crippen LogP contribution in [0.15, 0.2) is 36.7 Å². The number of nitrogens with one attached hydrogen (secondary N) is 2. The van der Waals surface area contributed by atoms with Gasteiger partial charge in [0.2, 0.25) is 5.91 Å². The molecule has 1 unspecified atom stereocenters. The lowest BCUT2D eigenvalue weighted by Gasteiger charge is -2.07. The Hall–Kier alpha value is -2.14. The predicted octanol–water partition coefficient (Wildman–Crippen LogP) is 2.14. The van der Waals surface area contributed by atoms with Gasteiger partial charge < -0.3 is 16.0 Å². The first-order chi connectivity index (χ1) is 9.15. The van der Waals surface area contributed by atoms with Crippen LogP contribution in [0.2, 0.25) is 0 Å². The molecule has 5 heteroatoms. The summed E-state index contributed by atoms with van der Waals surface area (Å²) in [6, 6.07) is 7.61. The van der Waals surface area contributed by atoms with Gasteiger partial charge in [-0.1, -0.05) is 0 Å². The van der Waals surface area contributed by atoms with E-state index in [1.165, 1.54) is 0 Å². The second kappa shape index (κ2) is 6.15. The quantitative estimate of drug-likeness (QED) is 0.768. The van der Waals surface area contributed by atoms with Gasteiger partial charge in [0.25, 0.3) is 0 Å². The van der Waals surface area contributed by atoms with Crippen molar-refractivity contribution >= 4 is 11.6 Å². The van der Waals surface area contributed by atoms with E-state index in [0.29, 0.717) is 12.8 Å². The lowest BCUT2D eigenvalue weighted by molar-refractivity contribution is -0.116. The summed E-state index contributed by atoms with van der Waals surface area (Å²) in [5.41, 5.74) is 7.38. The topological polar surface area (TPSA) is 83.8 Å². The molecule has 2 aromatic rings. The molecular weight excluding hydrogens is 240 g/mol. The van der Waals surface area contributed by atoms with Crippen molar-refractivity contribution in [3.63, 3.8) is 0 Å². The van der Waals surface area contributed by atoms with Gasteiger partial charge in [-0.05, 0) is 37.6 Å². The SMILES string of the molecule is CC(N)CCC(=O)Nc1ccc(-c2ncc[nH]2)cc1. The van der Waals surface area contributed by atoms with Crippen LogP contribution < -0.4 is 11.1 Å². The normalized spacial score (nSPS) is 12.1. The van der Waals surface area contributed by atoms with E-state index in [2.05, 4.69) is 15.3 Å². The number of nitrogens with zero attached hydrogens (tertiary/aromatic N) is 1. The van der Waals surface area contributed by atoms with Gasteiger partial charge in [0.05, 0.1) is 0 Å². The number of carbonyl (C=O) groups excluding carboxylic acids is 1. The Kier molecular flexibility index (Phi) is 4.30. The number of hydrogen-bond acceptors (Lipinski definition) is 3. The van der Waals surface area contributed by atoms with Crippen LogP contribution >= 0.6 is 0 Å². The number of nitrogens with two attached hydrogens (primary N) is 1. The minimum absolute atomic E-state index is 0.0111. The molecule has 100 valence electrons. The number of hydrogen-bond donors (Lipinski definition) is 3. The minimum Gasteiger partial charge on any atom is -0.345 e. The first-order valence-corrected chi connectivity index (χ1v) is 6.30. The maximum Gasteiger partial charge on any atom is 0.224 e. The van der Waals surface area contributed by atoms with Gasteiger partial charge in [0.1, 0.15) is 5.82 Å². The van der Waals surface area contributed by atoms with Crippen molar-refractivity contribution in [3.05, 3.63) is 36.7 Å². The number of imidazole rings is 1. The number of aromatic amines is 1. The lowest BCUT2D eigenvalue weighted by atomic mass is 10.1. The van der Waals surface area contributed by atoms with Crippen molar-refractivity contribution in [2.24, 2.45) is 5.73 Å². The van der Waals surface area contributed by atoms with Gasteiger partial charge in [-0.2, -0.15) is 0 Å². The summed E-state index contributed by atoms with van der Waals surface area (Å²) in [6.07, 6.45) is 4.62. The van der Waals surface area contributed by atoms with E-state index in [-0.39, 0.29) is 11.9 Å². The van der Waals surface area contributed by atoms with Crippen LogP contribution in [0.5, 0.6) is 0 Å². The van der Waals surface area contributed by atoms with Crippen LogP contribution in [-0.4, -0.2) is 21.9 Å². The average Bonchev–Trinajstić information content (AvgIpc) is 2.91. The number of carbonyl (C=O) groups is 1. The van der Waals surface area contributed by atoms with E-state index in [1.807, 2.05) is 31.2 Å². The van der Waals surface area contributed by atoms with Crippen LogP contribution in [0.3, 0.4) is 0 Å². The van der Waals surface area contributed by atoms with Gasteiger partial charge in [-0.3, -0.25) is 4.79 Å². The van der Waals surface area contributed by atoms with Crippen molar-refractivity contribution in [1.29, 1.82) is 0 Å². The Labute approximate surface area is 112 Å². The number of rotatable bonds is 5. The molecule has 2 rings (SSSR count). The fourth-order valence-corrected chi connectivity index (χ4v) is 1.72. The highest BCUT2D eigenvalue weighted by molar-refractivity contribution is 5.90. The van der Waals surface area contributed by atoms with Crippen LogP contribution in [-0.2, 0) is 4.79 Å². The molecular formula is C14H18N4O. The molecule has 1 heterocycles. The average molecular weight is 258 g/mol. The molecule has 1 amide bonds. The molecule has 4 N–H and O–H groups in total. The highest BCUT2D eigenvalue weighted by Crippen LogP contribution is 2.17. The highest BCUT2D eigenvalue weighted by Gasteiger charge is 2.05. The summed E-state index contributed by atoms with van der Waals surface area (Å²) < 4.78 is 0. The van der Waals surface area contributed by atoms with Gasteiger partial charge in [-0.25, -0.2) is 4.98 Å². The van der Waals surface area contributed by atoms with Crippen molar-refractivity contribution < 1.29 is 4.79 Å². The van der Waals surface area contributed by atoms with Crippen LogP contribution in [0.25, 0.3) is 11.4 Å². The second-order valence-corrected chi connectivity index (χ2v) is 4.58. The molecule has 0 aliphatic heterocycles. The first-order valence-electron chi connectivity index (χ1n) is 6.30. The summed E-state index contributed by atoms with van der Waals surface area (Å²) >= 11 is 0. The van der Waals surface area contributed by atoms with Crippen molar-refractivity contribution in [2.75, 3.05) is 5.32 Å². The Balaban J connectivity index is 1.94. The number of H-pyrrole nitrogens is 1. The molecule has 0 aliphatic rings. The first kappa shape index (κ1) is 13.3. The monoisotopic (exact) mass is 258 g/mol. The smallest absolute Gasteiger partial charge is 0.224 e. The third-order valence-electron chi connectivity index (χ3n) is 2.77. The fraction of sp³-hybridized carbons (Fsp3) is 0.286. The van der Waals surface area contributed by atoms with Gasteiger partial charge in [-0.15, -0.1) is 0 Å². The molecule has 5 nitrogen and oxygen atoms in total. The number of amides is 1. The molecule has 0 aliphatic carbocycles. The van der Waals surface area contributed by atoms with Crippen LogP contribution in [0.1, 0.15) is 19.8 Å². The third-order valence-corrected chi connectivity index (χ3v) is 2.77. The van der Waals surface area contributed by atoms with Gasteiger partial charge in [0, 0.05) is 36.1 Å². The molecule has 1 atom stereocenters. The number of benzene rings is 1. The Bertz CT molecular complexity index is 517. The van der Waals surface area contributed by atoms with Crippen LogP contribution in [0.4, 0.5) is 5.69 Å². The summed E-state index contributed by atoms with van der Waals surface area (Å²) in [5.74, 6) is 0.804. The zero-order valence-corrected chi connectivity index (χ0v) is 10.9. The van der Waals surface area contributed by atoms with E-state index >= 15 is 0 Å². The third kappa shape index (κ3) is 3.93. The summed E-state index contributed by atoms with van der Waals surface area (Å²) in [7, 11) is 0. The molecule has 0 bridgehead atoms. The Morgan fingerprint density at radius 3 is 2.74 bits per heavy atom. The number of aromatic nitrogens is 2. The Morgan fingerprint density at radius 1 is 1.42 bits per heavy atom. The summed E-state index contributed by atoms with van der Waals surface area (Å²) in [5, 5.41) is 2.84. The van der Waals surface area contributed by atoms with E-state index in [4.69, 9.17) is 5.73 Å². The molecule has 0 saturated heterocycles. The summed E-state index contributed by atoms with van der Waals surface area (Å²) in [4.78, 5) is 18.8. The Morgan fingerprint density at radius 2 is 2.16 bits per heavy atom. The van der Waals surface area contributed by atoms with E-state index in [1.54, 1.807) is 12.4 Å². The minimum atomic E-state index is -0.0111. The maximum absolute atomic E-state index is 11.6. The second-order valence-electron chi connectivity index (χ2n) is 4.58. The highest BCUT2D eigenvalue weighted by atomic mass is 16.1. The van der Waals surface area contributed by atoms with E-state index in [0.717, 1.165) is 17.1 Å². The molecule has 19 heavy (non-hydrogen) atoms. The maximum atomic E-state index is 11.6. The molecule has 1 aromatic carbocycles. The number of anilines is 1. The zero-order chi connectivity index (χ0) is 13.7. The molecule has 0 saturated carbocycles. The lowest BCUT2D eigenvalue weighted by Crippen LogP contribution is -2.19. The summed E-state index contributed by atoms with van der Waals surface area (Å²) in [6.45, 7) is 1.89. The van der Waals surface area contributed by atoms with Gasteiger partial charge >= 0.3 is 0 Å². The zero-order valence-electron chi connectivity index (χ0n) is 10.9. The predicted molar refractivity (Wildman–Crippen MR) is 75.5 cm³/mol. The van der Waals surface area contributed by atoms with Crippen molar-refractivity contribution in [1.82, 2.24) is 9.97 Å². The molecule has 0 spiro atoms. The molecule has 1 aromatic heterocycles. The van der Waals surface area contributed by atoms with E-state index in [9.17, 15) is 4.79 Å². The largest absolute Gasteiger partial charge is 0.345 e. The van der Waals surface area contributed by atoms with E-state index < -0.39 is 0 Å². The van der Waals surface area contributed by atoms with Crippen molar-refractivity contribution in [3.8, 4) is 11.4 Å². The molecule has 0 radical (unpaired) electrons. The molecule has 0 fully saturated rings. The van der Waals surface area contributed by atoms with Crippen molar-refractivity contribution in [2.45, 2.75) is 25.8 Å². The standard InChI is InChI=1S/C14H18N4O/c1-10(15)2-7-13(19)18-12-5-3-11(4-6-12)14-16-8-9-17-14/h3-6,8-10H,2,7,15H2,1H3,(H,16,17)(H,18,19). The van der Waals surface area contributed by atoms with Crippen LogP contribution in [0, 0.1) is 0 Å².